The van der Waals surface area contributed by atoms with Crippen molar-refractivity contribution in [3.63, 3.8) is 0 Å². The molecule has 31 heavy (non-hydrogen) atoms. The predicted octanol–water partition coefficient (Wildman–Crippen LogP) is 0.998. The van der Waals surface area contributed by atoms with Gasteiger partial charge in [-0.05, 0) is 29.8 Å². The van der Waals surface area contributed by atoms with Gasteiger partial charge in [-0.25, -0.2) is 0 Å². The summed E-state index contributed by atoms with van der Waals surface area (Å²) in [5.41, 5.74) is 0.937. The Morgan fingerprint density at radius 1 is 1.06 bits per heavy atom. The monoisotopic (exact) mass is 430 g/mol. The highest BCUT2D eigenvalue weighted by atomic mass is 16.7. The van der Waals surface area contributed by atoms with Gasteiger partial charge in [0.05, 0.1) is 17.6 Å². The van der Waals surface area contributed by atoms with Gasteiger partial charge in [0.15, 0.2) is 5.43 Å². The van der Waals surface area contributed by atoms with Crippen molar-refractivity contribution in [3.8, 4) is 22.6 Å². The van der Waals surface area contributed by atoms with Gasteiger partial charge in [-0.3, -0.25) is 4.79 Å². The Morgan fingerprint density at radius 2 is 1.81 bits per heavy atom. The third-order valence-electron chi connectivity index (χ3n) is 5.27. The highest BCUT2D eigenvalue weighted by Crippen LogP contribution is 2.28. The Balaban J connectivity index is 1.60. The Hall–Kier alpha value is -2.95. The number of benzene rings is 2. The maximum Gasteiger partial charge on any atom is 0.229 e. The van der Waals surface area contributed by atoms with E-state index in [0.717, 1.165) is 0 Å². The van der Waals surface area contributed by atoms with E-state index in [2.05, 4.69) is 0 Å². The Labute approximate surface area is 176 Å². The number of aliphatic hydroxyl groups excluding tert-OH is 3. The Kier molecular flexibility index (Phi) is 5.94. The summed E-state index contributed by atoms with van der Waals surface area (Å²) in [6.45, 7) is -0.436. The number of phenols is 1. The number of hydrogen-bond donors (Lipinski definition) is 4. The molecule has 0 saturated carbocycles. The zero-order chi connectivity index (χ0) is 22.1. The molecule has 1 aliphatic heterocycles. The first-order valence-electron chi connectivity index (χ1n) is 9.60. The predicted molar refractivity (Wildman–Crippen MR) is 109 cm³/mol. The molecule has 9 nitrogen and oxygen atoms in total. The largest absolute Gasteiger partial charge is 0.508 e. The summed E-state index contributed by atoms with van der Waals surface area (Å²) in [4.78, 5) is 12.9. The fraction of sp³-hybridized carbons (Fsp3) is 0.318. The molecule has 9 heteroatoms. The molecule has 4 rings (SSSR count). The summed E-state index contributed by atoms with van der Waals surface area (Å²) in [7, 11) is 1.34. The number of methoxy groups -OCH3 is 1. The lowest BCUT2D eigenvalue weighted by molar-refractivity contribution is -0.281. The van der Waals surface area contributed by atoms with E-state index in [1.165, 1.54) is 43.7 Å². The number of aliphatic hydroxyl groups is 3. The molecule has 2 aromatic carbocycles. The summed E-state index contributed by atoms with van der Waals surface area (Å²) in [5, 5.41) is 39.7. The highest BCUT2D eigenvalue weighted by Gasteiger charge is 2.45. The van der Waals surface area contributed by atoms with Gasteiger partial charge in [0, 0.05) is 13.2 Å². The number of rotatable bonds is 5. The summed E-state index contributed by atoms with van der Waals surface area (Å²) in [5.74, 6) is 0.324. The Morgan fingerprint density at radius 3 is 2.48 bits per heavy atom. The minimum atomic E-state index is -1.42. The molecular formula is C22H22O9. The summed E-state index contributed by atoms with van der Waals surface area (Å²) in [6.07, 6.45) is -4.49. The highest BCUT2D eigenvalue weighted by molar-refractivity contribution is 5.82. The minimum absolute atomic E-state index is 0.0909. The van der Waals surface area contributed by atoms with Crippen LogP contribution in [0.15, 0.2) is 57.9 Å². The van der Waals surface area contributed by atoms with Crippen LogP contribution in [0, 0.1) is 0 Å². The van der Waals surface area contributed by atoms with Crippen LogP contribution >= 0.6 is 0 Å². The normalized spacial score (nSPS) is 26.1. The van der Waals surface area contributed by atoms with Crippen LogP contribution in [-0.4, -0.2) is 64.8 Å². The van der Waals surface area contributed by atoms with Crippen molar-refractivity contribution in [2.75, 3.05) is 13.7 Å². The molecule has 0 amide bonds. The third kappa shape index (κ3) is 4.01. The molecular weight excluding hydrogens is 408 g/mol. The summed E-state index contributed by atoms with van der Waals surface area (Å²) in [6, 6.07) is 10.7. The lowest BCUT2D eigenvalue weighted by Gasteiger charge is -2.41. The zero-order valence-electron chi connectivity index (χ0n) is 16.5. The molecule has 1 aromatic heterocycles. The van der Waals surface area contributed by atoms with Gasteiger partial charge in [-0.15, -0.1) is 0 Å². The average Bonchev–Trinajstić information content (AvgIpc) is 2.78. The SMILES string of the molecule is CO[C@@H]1[C@@H](O)[C@H](O)[C@@H](Oc2ccc3c(=O)c(-c4ccc(O)cc4)coc3c2)O[C@H]1CO. The molecule has 0 aliphatic carbocycles. The van der Waals surface area contributed by atoms with Crippen molar-refractivity contribution in [2.45, 2.75) is 30.7 Å². The van der Waals surface area contributed by atoms with Crippen molar-refractivity contribution >= 4 is 11.0 Å². The zero-order valence-corrected chi connectivity index (χ0v) is 16.5. The van der Waals surface area contributed by atoms with Crippen molar-refractivity contribution in [3.05, 3.63) is 59.0 Å². The average molecular weight is 430 g/mol. The van der Waals surface area contributed by atoms with E-state index in [0.29, 0.717) is 16.5 Å². The summed E-state index contributed by atoms with van der Waals surface area (Å²) >= 11 is 0. The van der Waals surface area contributed by atoms with Crippen LogP contribution in [0.5, 0.6) is 11.5 Å². The fourth-order valence-corrected chi connectivity index (χ4v) is 3.60. The van der Waals surface area contributed by atoms with Crippen LogP contribution in [-0.2, 0) is 9.47 Å². The molecule has 3 aromatic rings. The lowest BCUT2D eigenvalue weighted by Crippen LogP contribution is -2.60. The van der Waals surface area contributed by atoms with Crippen molar-refractivity contribution < 1.29 is 39.1 Å². The van der Waals surface area contributed by atoms with E-state index in [-0.39, 0.29) is 22.5 Å². The fourth-order valence-electron chi connectivity index (χ4n) is 3.60. The molecule has 1 saturated heterocycles. The second-order valence-electron chi connectivity index (χ2n) is 7.21. The van der Waals surface area contributed by atoms with Crippen LogP contribution in [0.1, 0.15) is 0 Å². The van der Waals surface area contributed by atoms with Crippen LogP contribution in [0.3, 0.4) is 0 Å². The van der Waals surface area contributed by atoms with E-state index >= 15 is 0 Å². The van der Waals surface area contributed by atoms with Gasteiger partial charge in [-0.1, -0.05) is 12.1 Å². The van der Waals surface area contributed by atoms with E-state index < -0.39 is 37.3 Å². The molecule has 0 bridgehead atoms. The number of phenolic OH excluding ortho intramolecular Hbond substituents is 1. The molecule has 0 unspecified atom stereocenters. The minimum Gasteiger partial charge on any atom is -0.508 e. The number of hydrogen-bond acceptors (Lipinski definition) is 9. The second-order valence-corrected chi connectivity index (χ2v) is 7.21. The van der Waals surface area contributed by atoms with Gasteiger partial charge in [-0.2, -0.15) is 0 Å². The van der Waals surface area contributed by atoms with E-state index in [9.17, 15) is 25.2 Å². The van der Waals surface area contributed by atoms with Crippen LogP contribution in [0.25, 0.3) is 22.1 Å². The van der Waals surface area contributed by atoms with E-state index in [4.69, 9.17) is 18.6 Å². The topological polar surface area (TPSA) is 139 Å². The standard InChI is InChI=1S/C22H22O9/c1-28-21-17(9-23)31-22(20(27)19(21)26)30-13-6-7-14-16(8-13)29-10-15(18(14)25)11-2-4-12(24)5-3-11/h2-8,10,17,19-24,26-27H,9H2,1H3/t17-,19-,20-,21-,22-/m0/s1. The quantitative estimate of drug-likeness (QED) is 0.467. The number of fused-ring (bicyclic) bond motifs is 1. The van der Waals surface area contributed by atoms with Crippen LogP contribution in [0.2, 0.25) is 0 Å². The maximum atomic E-state index is 12.9. The van der Waals surface area contributed by atoms with Crippen molar-refractivity contribution in [1.29, 1.82) is 0 Å². The van der Waals surface area contributed by atoms with Gasteiger partial charge in [0.2, 0.25) is 6.29 Å². The smallest absolute Gasteiger partial charge is 0.229 e. The Bertz CT molecular complexity index is 1110. The first-order valence-corrected chi connectivity index (χ1v) is 9.60. The van der Waals surface area contributed by atoms with Crippen LogP contribution < -0.4 is 10.2 Å². The van der Waals surface area contributed by atoms with Crippen molar-refractivity contribution in [1.82, 2.24) is 0 Å². The molecule has 2 heterocycles. The summed E-state index contributed by atoms with van der Waals surface area (Å²) < 4.78 is 21.9. The van der Waals surface area contributed by atoms with Crippen LogP contribution in [0.4, 0.5) is 0 Å². The second kappa shape index (κ2) is 8.66. The third-order valence-corrected chi connectivity index (χ3v) is 5.27. The van der Waals surface area contributed by atoms with E-state index in [1.54, 1.807) is 12.1 Å². The number of aromatic hydroxyl groups is 1. The van der Waals surface area contributed by atoms with Crippen molar-refractivity contribution in [2.24, 2.45) is 0 Å². The maximum absolute atomic E-state index is 12.9. The van der Waals surface area contributed by atoms with Gasteiger partial charge in [0.25, 0.3) is 0 Å². The van der Waals surface area contributed by atoms with E-state index in [1.807, 2.05) is 0 Å². The van der Waals surface area contributed by atoms with Gasteiger partial charge in [0.1, 0.15) is 47.8 Å². The molecule has 1 fully saturated rings. The van der Waals surface area contributed by atoms with Gasteiger partial charge < -0.3 is 39.1 Å². The molecule has 4 N–H and O–H groups in total. The molecule has 1 aliphatic rings. The number of ether oxygens (including phenoxy) is 3. The molecule has 0 spiro atoms. The molecule has 164 valence electrons. The first-order chi connectivity index (χ1) is 14.9. The van der Waals surface area contributed by atoms with Gasteiger partial charge >= 0.3 is 0 Å². The lowest BCUT2D eigenvalue weighted by atomic mass is 9.99. The molecule has 0 radical (unpaired) electrons. The molecule has 5 atom stereocenters. The first kappa shape index (κ1) is 21.3.